The van der Waals surface area contributed by atoms with Gasteiger partial charge >= 0.3 is 0 Å². The molecule has 1 aliphatic rings. The van der Waals surface area contributed by atoms with Crippen LogP contribution in [0.5, 0.6) is 0 Å². The fourth-order valence-electron chi connectivity index (χ4n) is 4.26. The number of hydrogen-bond donors (Lipinski definition) is 0. The van der Waals surface area contributed by atoms with E-state index in [1.807, 2.05) is 20.2 Å². The Bertz CT molecular complexity index is 1800. The third-order valence-corrected chi connectivity index (χ3v) is 8.66. The van der Waals surface area contributed by atoms with Crippen LogP contribution in [-0.2, 0) is 4.79 Å². The molecule has 2 aromatic heterocycles. The van der Waals surface area contributed by atoms with Gasteiger partial charge in [-0.1, -0.05) is 30.3 Å². The van der Waals surface area contributed by atoms with E-state index in [9.17, 15) is 10.1 Å². The maximum absolute atomic E-state index is 12.8. The summed E-state index contributed by atoms with van der Waals surface area (Å²) in [6.45, 7) is 14.8. The maximum Gasteiger partial charge on any atom is 0.274 e. The number of rotatable bonds is 4. The van der Waals surface area contributed by atoms with Gasteiger partial charge < -0.3 is 9.80 Å². The molecule has 4 aromatic rings. The first-order valence-electron chi connectivity index (χ1n) is 11.2. The quantitative estimate of drug-likeness (QED) is 0.213. The zero-order valence-electron chi connectivity index (χ0n) is 20.2. The maximum atomic E-state index is 12.8. The van der Waals surface area contributed by atoms with Gasteiger partial charge in [-0.2, -0.15) is 0 Å². The SMILES string of the molecule is [C-]#[N+]C1=C(/C=C/c2cc3ccc4cc(-c5ccc(N(C)C)cc5)sc4c3s2)C(=O)N(C)/C1=C(\C#N)[N+]#[C-]. The van der Waals surface area contributed by atoms with E-state index in [0.717, 1.165) is 16.0 Å². The van der Waals surface area contributed by atoms with Crippen molar-refractivity contribution in [1.29, 1.82) is 5.26 Å². The van der Waals surface area contributed by atoms with Gasteiger partial charge in [-0.25, -0.2) is 15.0 Å². The molecular weight excluding hydrogens is 498 g/mol. The summed E-state index contributed by atoms with van der Waals surface area (Å²) < 4.78 is 2.39. The van der Waals surface area contributed by atoms with Gasteiger partial charge in [-0.05, 0) is 46.7 Å². The molecule has 178 valence electrons. The van der Waals surface area contributed by atoms with Crippen molar-refractivity contribution in [3.63, 3.8) is 0 Å². The first-order chi connectivity index (χ1) is 17.9. The molecule has 0 fully saturated rings. The normalized spacial score (nSPS) is 14.9. The summed E-state index contributed by atoms with van der Waals surface area (Å²) in [7, 11) is 5.53. The fraction of sp³-hybridized carbons (Fsp3) is 0.103. The molecular formula is C29H19N5OS2. The number of amides is 1. The van der Waals surface area contributed by atoms with Crippen molar-refractivity contribution in [2.75, 3.05) is 26.0 Å². The lowest BCUT2D eigenvalue weighted by atomic mass is 10.1. The Balaban J connectivity index is 1.54. The monoisotopic (exact) mass is 517 g/mol. The molecule has 0 saturated carbocycles. The Kier molecular flexibility index (Phi) is 6.11. The third kappa shape index (κ3) is 4.07. The number of nitrogens with zero attached hydrogens (tertiary/aromatic N) is 5. The predicted molar refractivity (Wildman–Crippen MR) is 152 cm³/mol. The molecule has 0 aliphatic carbocycles. The van der Waals surface area contributed by atoms with E-state index in [2.05, 4.69) is 63.1 Å². The summed E-state index contributed by atoms with van der Waals surface area (Å²) in [4.78, 5) is 24.9. The highest BCUT2D eigenvalue weighted by Crippen LogP contribution is 2.41. The van der Waals surface area contributed by atoms with Gasteiger partial charge in [0.2, 0.25) is 11.6 Å². The van der Waals surface area contributed by atoms with Crippen LogP contribution in [0.1, 0.15) is 4.88 Å². The second kappa shape index (κ2) is 9.41. The lowest BCUT2D eigenvalue weighted by molar-refractivity contribution is -0.122. The van der Waals surface area contributed by atoms with Crippen molar-refractivity contribution in [2.24, 2.45) is 0 Å². The van der Waals surface area contributed by atoms with E-state index >= 15 is 0 Å². The first-order valence-corrected chi connectivity index (χ1v) is 12.8. The number of benzene rings is 2. The number of carbonyl (C=O) groups excluding carboxylic acids is 1. The van der Waals surface area contributed by atoms with E-state index < -0.39 is 5.91 Å². The Hall–Kier alpha value is -4.68. The second-order valence-electron chi connectivity index (χ2n) is 8.60. The molecule has 0 N–H and O–H groups in total. The van der Waals surface area contributed by atoms with Gasteiger partial charge in [0.25, 0.3) is 5.70 Å². The number of likely N-dealkylation sites (N-methyl/N-ethyl adjacent to an activating group) is 1. The molecule has 0 bridgehead atoms. The molecule has 0 spiro atoms. The summed E-state index contributed by atoms with van der Waals surface area (Å²) in [5.41, 5.74) is 2.36. The van der Waals surface area contributed by atoms with Crippen LogP contribution < -0.4 is 4.90 Å². The van der Waals surface area contributed by atoms with Crippen molar-refractivity contribution in [3.8, 4) is 16.5 Å². The number of fused-ring (bicyclic) bond motifs is 3. The Labute approximate surface area is 222 Å². The van der Waals surface area contributed by atoms with E-state index in [1.54, 1.807) is 34.8 Å². The van der Waals surface area contributed by atoms with Gasteiger partial charge in [-0.15, -0.1) is 22.7 Å². The highest BCUT2D eigenvalue weighted by molar-refractivity contribution is 7.29. The molecule has 0 saturated heterocycles. The molecule has 1 aliphatic heterocycles. The molecule has 2 aromatic carbocycles. The lowest BCUT2D eigenvalue weighted by Gasteiger charge is -2.12. The molecule has 1 amide bonds. The molecule has 37 heavy (non-hydrogen) atoms. The molecule has 8 heteroatoms. The van der Waals surface area contributed by atoms with E-state index in [1.165, 1.54) is 37.2 Å². The number of anilines is 1. The van der Waals surface area contributed by atoms with Crippen molar-refractivity contribution in [3.05, 3.63) is 105 Å². The second-order valence-corrected chi connectivity index (χ2v) is 10.7. The van der Waals surface area contributed by atoms with E-state index in [4.69, 9.17) is 13.1 Å². The molecule has 3 heterocycles. The van der Waals surface area contributed by atoms with Gasteiger partial charge in [0.1, 0.15) is 0 Å². The molecule has 5 rings (SSSR count). The highest BCUT2D eigenvalue weighted by Gasteiger charge is 2.34. The van der Waals surface area contributed by atoms with Crippen LogP contribution in [0, 0.1) is 24.5 Å². The lowest BCUT2D eigenvalue weighted by Crippen LogP contribution is -2.21. The van der Waals surface area contributed by atoms with E-state index in [0.29, 0.717) is 0 Å². The summed E-state index contributed by atoms with van der Waals surface area (Å²) >= 11 is 3.39. The number of nitriles is 1. The molecule has 0 radical (unpaired) electrons. The van der Waals surface area contributed by atoms with Gasteiger partial charge in [-0.3, -0.25) is 4.79 Å². The van der Waals surface area contributed by atoms with Crippen LogP contribution in [-0.4, -0.2) is 32.0 Å². The minimum atomic E-state index is -0.402. The largest absolute Gasteiger partial charge is 0.378 e. The zero-order chi connectivity index (χ0) is 26.3. The predicted octanol–water partition coefficient (Wildman–Crippen LogP) is 7.16. The summed E-state index contributed by atoms with van der Waals surface area (Å²) in [5.74, 6) is -0.402. The average molecular weight is 518 g/mol. The van der Waals surface area contributed by atoms with Crippen LogP contribution >= 0.6 is 22.7 Å². The number of hydrogen-bond acceptors (Lipinski definition) is 5. The number of thiophene rings is 2. The standard InChI is InChI=1S/C29H19N5OS2/c1-31-23(16-30)26-25(32-2)22(29(35)34(26)5)13-12-21-14-18-6-7-19-15-24(37-28(19)27(18)36-21)17-8-10-20(11-9-17)33(3)4/h6-15H,3-5H3/b13-12+,26-23+. The van der Waals surface area contributed by atoms with Crippen LogP contribution in [0.25, 0.3) is 46.4 Å². The van der Waals surface area contributed by atoms with Crippen molar-refractivity contribution in [2.45, 2.75) is 0 Å². The molecule has 6 nitrogen and oxygen atoms in total. The topological polar surface area (TPSA) is 56.1 Å². The first kappa shape index (κ1) is 24.0. The number of allylic oxidation sites excluding steroid dienone is 1. The minimum absolute atomic E-state index is 0.0305. The Morgan fingerprint density at radius 2 is 1.70 bits per heavy atom. The summed E-state index contributed by atoms with van der Waals surface area (Å²) in [5, 5.41) is 11.6. The zero-order valence-corrected chi connectivity index (χ0v) is 21.9. The van der Waals surface area contributed by atoms with Crippen molar-refractivity contribution >= 4 is 60.5 Å². The molecule has 0 unspecified atom stereocenters. The van der Waals surface area contributed by atoms with Crippen LogP contribution in [0.2, 0.25) is 0 Å². The summed E-state index contributed by atoms with van der Waals surface area (Å²) in [6.07, 6.45) is 3.44. The average Bonchev–Trinajstić information content (AvgIpc) is 3.58. The Morgan fingerprint density at radius 1 is 1.03 bits per heavy atom. The Morgan fingerprint density at radius 3 is 2.32 bits per heavy atom. The number of carbonyl (C=O) groups is 1. The van der Waals surface area contributed by atoms with Gasteiger partial charge in [0.15, 0.2) is 0 Å². The minimum Gasteiger partial charge on any atom is -0.378 e. The third-order valence-electron chi connectivity index (χ3n) is 6.18. The van der Waals surface area contributed by atoms with Gasteiger partial charge in [0.05, 0.1) is 34.3 Å². The van der Waals surface area contributed by atoms with E-state index in [-0.39, 0.29) is 22.7 Å². The van der Waals surface area contributed by atoms with Crippen molar-refractivity contribution < 1.29 is 4.79 Å². The highest BCUT2D eigenvalue weighted by atomic mass is 32.1. The fourth-order valence-corrected chi connectivity index (χ4v) is 6.64. The van der Waals surface area contributed by atoms with Gasteiger partial charge in [0, 0.05) is 42.2 Å². The van der Waals surface area contributed by atoms with Crippen LogP contribution in [0.4, 0.5) is 5.69 Å². The van der Waals surface area contributed by atoms with Crippen molar-refractivity contribution in [1.82, 2.24) is 4.90 Å². The van der Waals surface area contributed by atoms with Crippen LogP contribution in [0.3, 0.4) is 0 Å². The smallest absolute Gasteiger partial charge is 0.274 e. The molecule has 0 atom stereocenters. The summed E-state index contributed by atoms with van der Waals surface area (Å²) in [6, 6.07) is 18.8. The van der Waals surface area contributed by atoms with Crippen LogP contribution in [0.15, 0.2) is 77.3 Å².